The fourth-order valence-electron chi connectivity index (χ4n) is 3.04. The lowest BCUT2D eigenvalue weighted by molar-refractivity contribution is -0.119. The summed E-state index contributed by atoms with van der Waals surface area (Å²) >= 11 is 0. The first-order valence-corrected chi connectivity index (χ1v) is 8.65. The van der Waals surface area contributed by atoms with Gasteiger partial charge in [0.1, 0.15) is 5.78 Å². The van der Waals surface area contributed by atoms with Crippen molar-refractivity contribution in [1.82, 2.24) is 0 Å². The highest BCUT2D eigenvalue weighted by Gasteiger charge is 2.25. The Morgan fingerprint density at radius 1 is 0.958 bits per heavy atom. The summed E-state index contributed by atoms with van der Waals surface area (Å²) in [4.78, 5) is 11.7. The van der Waals surface area contributed by atoms with Gasteiger partial charge in [-0.05, 0) is 49.3 Å². The SMILES string of the molecule is CC(=O)CC(C)(CCC#Cc1ccccc1)CCc1ccccc1. The molecule has 0 aromatic heterocycles. The summed E-state index contributed by atoms with van der Waals surface area (Å²) < 4.78 is 0. The fourth-order valence-corrected chi connectivity index (χ4v) is 3.04. The zero-order valence-electron chi connectivity index (χ0n) is 14.7. The molecule has 0 bridgehead atoms. The Hall–Kier alpha value is -2.33. The molecule has 1 nitrogen and oxygen atoms in total. The van der Waals surface area contributed by atoms with Crippen LogP contribution >= 0.6 is 0 Å². The monoisotopic (exact) mass is 318 g/mol. The Kier molecular flexibility index (Phi) is 6.82. The van der Waals surface area contributed by atoms with Crippen LogP contribution in [0.3, 0.4) is 0 Å². The van der Waals surface area contributed by atoms with E-state index >= 15 is 0 Å². The highest BCUT2D eigenvalue weighted by Crippen LogP contribution is 2.33. The zero-order valence-corrected chi connectivity index (χ0v) is 14.7. The van der Waals surface area contributed by atoms with Crippen LogP contribution in [0.5, 0.6) is 0 Å². The molecule has 0 heterocycles. The van der Waals surface area contributed by atoms with Crippen molar-refractivity contribution in [2.45, 2.75) is 46.0 Å². The summed E-state index contributed by atoms with van der Waals surface area (Å²) in [5, 5.41) is 0. The summed E-state index contributed by atoms with van der Waals surface area (Å²) in [5.41, 5.74) is 2.41. The minimum absolute atomic E-state index is 0.0209. The molecule has 0 N–H and O–H groups in total. The van der Waals surface area contributed by atoms with Crippen molar-refractivity contribution in [3.8, 4) is 11.8 Å². The average molecular weight is 318 g/mol. The van der Waals surface area contributed by atoms with E-state index in [-0.39, 0.29) is 11.2 Å². The first-order valence-electron chi connectivity index (χ1n) is 8.65. The number of benzene rings is 2. The topological polar surface area (TPSA) is 17.1 Å². The van der Waals surface area contributed by atoms with E-state index in [0.29, 0.717) is 6.42 Å². The fraction of sp³-hybridized carbons (Fsp3) is 0.348. The Morgan fingerprint density at radius 2 is 1.58 bits per heavy atom. The number of aryl methyl sites for hydroxylation is 1. The van der Waals surface area contributed by atoms with Crippen LogP contribution in [0.1, 0.15) is 50.7 Å². The van der Waals surface area contributed by atoms with Gasteiger partial charge in [0.25, 0.3) is 0 Å². The molecule has 0 aliphatic carbocycles. The van der Waals surface area contributed by atoms with Crippen LogP contribution in [0.4, 0.5) is 0 Å². The molecule has 0 saturated heterocycles. The second-order valence-corrected chi connectivity index (χ2v) is 6.84. The summed E-state index contributed by atoms with van der Waals surface area (Å²) in [5.74, 6) is 6.74. The van der Waals surface area contributed by atoms with Crippen LogP contribution in [0.2, 0.25) is 0 Å². The number of carbonyl (C=O) groups is 1. The normalized spacial score (nSPS) is 12.8. The van der Waals surface area contributed by atoms with E-state index in [9.17, 15) is 4.79 Å². The van der Waals surface area contributed by atoms with Gasteiger partial charge in [-0.1, -0.05) is 67.3 Å². The molecule has 0 radical (unpaired) electrons. The summed E-state index contributed by atoms with van der Waals surface area (Å²) in [6.45, 7) is 3.91. The maximum Gasteiger partial charge on any atom is 0.130 e. The highest BCUT2D eigenvalue weighted by molar-refractivity contribution is 5.76. The third kappa shape index (κ3) is 6.42. The highest BCUT2D eigenvalue weighted by atomic mass is 16.1. The molecule has 0 fully saturated rings. The summed E-state index contributed by atoms with van der Waals surface area (Å²) in [6, 6.07) is 20.6. The van der Waals surface area contributed by atoms with Crippen molar-refractivity contribution in [2.24, 2.45) is 5.41 Å². The molecular formula is C23H26O. The number of rotatable bonds is 7. The van der Waals surface area contributed by atoms with Gasteiger partial charge in [-0.15, -0.1) is 0 Å². The molecule has 2 aromatic rings. The Labute approximate surface area is 146 Å². The van der Waals surface area contributed by atoms with Crippen molar-refractivity contribution in [2.75, 3.05) is 0 Å². The molecule has 0 aliphatic heterocycles. The van der Waals surface area contributed by atoms with Crippen LogP contribution in [0.25, 0.3) is 0 Å². The second-order valence-electron chi connectivity index (χ2n) is 6.84. The van der Waals surface area contributed by atoms with Gasteiger partial charge in [0.15, 0.2) is 0 Å². The molecule has 0 spiro atoms. The zero-order chi connectivity index (χ0) is 17.3. The van der Waals surface area contributed by atoms with Gasteiger partial charge in [0, 0.05) is 18.4 Å². The second kappa shape index (κ2) is 9.08. The van der Waals surface area contributed by atoms with Gasteiger partial charge in [-0.25, -0.2) is 0 Å². The number of hydrogen-bond acceptors (Lipinski definition) is 1. The van der Waals surface area contributed by atoms with Crippen molar-refractivity contribution >= 4 is 5.78 Å². The number of ketones is 1. The Morgan fingerprint density at radius 3 is 2.21 bits per heavy atom. The van der Waals surface area contributed by atoms with Crippen molar-refractivity contribution in [1.29, 1.82) is 0 Å². The number of hydrogen-bond donors (Lipinski definition) is 0. The lowest BCUT2D eigenvalue weighted by Gasteiger charge is -2.28. The van der Waals surface area contributed by atoms with E-state index in [1.165, 1.54) is 5.56 Å². The van der Waals surface area contributed by atoms with Crippen molar-refractivity contribution < 1.29 is 4.79 Å². The van der Waals surface area contributed by atoms with Gasteiger partial charge < -0.3 is 4.79 Å². The third-order valence-electron chi connectivity index (χ3n) is 4.40. The molecule has 24 heavy (non-hydrogen) atoms. The minimum atomic E-state index is 0.0209. The molecule has 124 valence electrons. The molecule has 2 rings (SSSR count). The van der Waals surface area contributed by atoms with Gasteiger partial charge in [-0.2, -0.15) is 0 Å². The maximum absolute atomic E-state index is 11.7. The first kappa shape index (κ1) is 18.0. The van der Waals surface area contributed by atoms with Gasteiger partial charge in [0.2, 0.25) is 0 Å². The maximum atomic E-state index is 11.7. The van der Waals surface area contributed by atoms with E-state index in [1.54, 1.807) is 6.92 Å². The van der Waals surface area contributed by atoms with Crippen LogP contribution < -0.4 is 0 Å². The molecule has 1 heteroatoms. The minimum Gasteiger partial charge on any atom is -0.300 e. The number of carbonyl (C=O) groups excluding carboxylic acids is 1. The molecule has 2 aromatic carbocycles. The molecule has 1 unspecified atom stereocenters. The van der Waals surface area contributed by atoms with E-state index < -0.39 is 0 Å². The van der Waals surface area contributed by atoms with Crippen molar-refractivity contribution in [3.63, 3.8) is 0 Å². The molecule has 0 aliphatic rings. The summed E-state index contributed by atoms with van der Waals surface area (Å²) in [6.07, 6.45) is 4.44. The molecular weight excluding hydrogens is 292 g/mol. The standard InChI is InChI=1S/C23H26O/c1-20(24)19-23(2,18-16-22-13-7-4-8-14-22)17-10-9-15-21-11-5-3-6-12-21/h3-8,11-14H,10,16-19H2,1-2H3. The molecule has 1 atom stereocenters. The van der Waals surface area contributed by atoms with Gasteiger partial charge in [-0.3, -0.25) is 0 Å². The van der Waals surface area contributed by atoms with Crippen LogP contribution in [-0.4, -0.2) is 5.78 Å². The quantitative estimate of drug-likeness (QED) is 0.622. The van der Waals surface area contributed by atoms with E-state index in [2.05, 4.69) is 43.0 Å². The Balaban J connectivity index is 1.94. The van der Waals surface area contributed by atoms with Crippen LogP contribution in [-0.2, 0) is 11.2 Å². The first-order chi connectivity index (χ1) is 11.6. The smallest absolute Gasteiger partial charge is 0.130 e. The lowest BCUT2D eigenvalue weighted by Crippen LogP contribution is -2.20. The Bertz CT molecular complexity index is 691. The van der Waals surface area contributed by atoms with Gasteiger partial charge >= 0.3 is 0 Å². The van der Waals surface area contributed by atoms with E-state index in [1.807, 2.05) is 36.4 Å². The average Bonchev–Trinajstić information content (AvgIpc) is 2.58. The van der Waals surface area contributed by atoms with E-state index in [4.69, 9.17) is 0 Å². The van der Waals surface area contributed by atoms with Crippen LogP contribution in [0, 0.1) is 17.3 Å². The predicted octanol–water partition coefficient (Wildman–Crippen LogP) is 5.44. The van der Waals surface area contributed by atoms with Gasteiger partial charge in [0.05, 0.1) is 0 Å². The van der Waals surface area contributed by atoms with Crippen LogP contribution in [0.15, 0.2) is 60.7 Å². The van der Waals surface area contributed by atoms with E-state index in [0.717, 1.165) is 31.2 Å². The largest absolute Gasteiger partial charge is 0.300 e. The predicted molar refractivity (Wildman–Crippen MR) is 101 cm³/mol. The molecule has 0 saturated carbocycles. The molecule has 0 amide bonds. The lowest BCUT2D eigenvalue weighted by atomic mass is 9.76. The summed E-state index contributed by atoms with van der Waals surface area (Å²) in [7, 11) is 0. The number of Topliss-reactive ketones (excluding diaryl/α,β-unsaturated/α-hetero) is 1. The van der Waals surface area contributed by atoms with Crippen molar-refractivity contribution in [3.05, 3.63) is 71.8 Å². The third-order valence-corrected chi connectivity index (χ3v) is 4.40.